The second kappa shape index (κ2) is 5.40. The Hall–Kier alpha value is -0.700. The minimum atomic E-state index is -0.497. The number of ether oxygens (including phenoxy) is 1. The summed E-state index contributed by atoms with van der Waals surface area (Å²) in [5.74, 6) is -0.355. The Morgan fingerprint density at radius 2 is 1.73 bits per heavy atom. The summed E-state index contributed by atoms with van der Waals surface area (Å²) < 4.78 is 4.94. The molecule has 1 aliphatic rings. The van der Waals surface area contributed by atoms with E-state index >= 15 is 0 Å². The molecule has 0 saturated heterocycles. The van der Waals surface area contributed by atoms with Gasteiger partial charge >= 0.3 is 0 Å². The Morgan fingerprint density at radius 1 is 1.20 bits per heavy atom. The lowest BCUT2D eigenvalue weighted by Gasteiger charge is -2.17. The second-order valence-electron chi connectivity index (χ2n) is 4.39. The zero-order valence-corrected chi connectivity index (χ0v) is 9.79. The van der Waals surface area contributed by atoms with Gasteiger partial charge in [0, 0.05) is 13.0 Å². The lowest BCUT2D eigenvalue weighted by atomic mass is 9.88. The predicted molar refractivity (Wildman–Crippen MR) is 57.6 cm³/mol. The summed E-state index contributed by atoms with van der Waals surface area (Å²) in [5, 5.41) is 0. The first-order valence-electron chi connectivity index (χ1n) is 5.68. The average Bonchev–Trinajstić information content (AvgIpc) is 2.78. The van der Waals surface area contributed by atoms with Crippen molar-refractivity contribution in [2.75, 3.05) is 7.11 Å². The van der Waals surface area contributed by atoms with E-state index in [2.05, 4.69) is 0 Å². The van der Waals surface area contributed by atoms with Gasteiger partial charge in [-0.2, -0.15) is 0 Å². The molecule has 1 rings (SSSR count). The van der Waals surface area contributed by atoms with Crippen LogP contribution in [0.3, 0.4) is 0 Å². The smallest absolute Gasteiger partial charge is 0.171 e. The first-order valence-corrected chi connectivity index (χ1v) is 5.68. The van der Waals surface area contributed by atoms with Gasteiger partial charge in [-0.05, 0) is 26.7 Å². The second-order valence-corrected chi connectivity index (χ2v) is 4.39. The van der Waals surface area contributed by atoms with E-state index < -0.39 is 12.0 Å². The van der Waals surface area contributed by atoms with E-state index in [4.69, 9.17) is 4.74 Å². The van der Waals surface area contributed by atoms with Crippen LogP contribution in [0.5, 0.6) is 0 Å². The molecule has 0 aliphatic heterocycles. The van der Waals surface area contributed by atoms with Gasteiger partial charge in [0.2, 0.25) is 0 Å². The summed E-state index contributed by atoms with van der Waals surface area (Å²) in [7, 11) is 1.50. The molecular weight excluding hydrogens is 192 g/mol. The third-order valence-electron chi connectivity index (χ3n) is 3.37. The van der Waals surface area contributed by atoms with Crippen molar-refractivity contribution in [3.05, 3.63) is 0 Å². The fraction of sp³-hybridized carbons (Fsp3) is 0.833. The molecule has 0 aromatic carbocycles. The van der Waals surface area contributed by atoms with Gasteiger partial charge in [0.25, 0.3) is 0 Å². The Kier molecular flexibility index (Phi) is 4.45. The minimum absolute atomic E-state index is 0.0885. The van der Waals surface area contributed by atoms with E-state index in [-0.39, 0.29) is 17.5 Å². The lowest BCUT2D eigenvalue weighted by molar-refractivity contribution is -0.139. The van der Waals surface area contributed by atoms with Gasteiger partial charge in [-0.1, -0.05) is 12.8 Å². The zero-order chi connectivity index (χ0) is 11.4. The molecule has 1 aliphatic carbocycles. The summed E-state index contributed by atoms with van der Waals surface area (Å²) in [6.07, 6.45) is 3.69. The normalized spacial score (nSPS) is 21.3. The number of methoxy groups -OCH3 is 1. The van der Waals surface area contributed by atoms with Crippen LogP contribution in [0.25, 0.3) is 0 Å². The molecule has 2 atom stereocenters. The van der Waals surface area contributed by atoms with Crippen LogP contribution in [0.2, 0.25) is 0 Å². The predicted octanol–water partition coefficient (Wildman–Crippen LogP) is 1.99. The summed E-state index contributed by atoms with van der Waals surface area (Å²) >= 11 is 0. The van der Waals surface area contributed by atoms with Gasteiger partial charge in [-0.15, -0.1) is 0 Å². The third kappa shape index (κ3) is 2.88. The van der Waals surface area contributed by atoms with Crippen LogP contribution in [0.1, 0.15) is 39.5 Å². The highest BCUT2D eigenvalue weighted by Gasteiger charge is 2.32. The maximum absolute atomic E-state index is 11.9. The molecule has 86 valence electrons. The highest BCUT2D eigenvalue weighted by Crippen LogP contribution is 2.28. The topological polar surface area (TPSA) is 43.4 Å². The number of ketones is 2. The Bertz CT molecular complexity index is 241. The quantitative estimate of drug-likeness (QED) is 0.654. The van der Waals surface area contributed by atoms with Gasteiger partial charge in [0.15, 0.2) is 5.78 Å². The maximum Gasteiger partial charge on any atom is 0.171 e. The molecular formula is C12H20O3. The molecule has 0 aromatic heterocycles. The lowest BCUT2D eigenvalue weighted by Crippen LogP contribution is -2.33. The highest BCUT2D eigenvalue weighted by molar-refractivity contribution is 6.04. The molecule has 1 saturated carbocycles. The summed E-state index contributed by atoms with van der Waals surface area (Å²) in [4.78, 5) is 23.7. The fourth-order valence-corrected chi connectivity index (χ4v) is 2.17. The van der Waals surface area contributed by atoms with Crippen molar-refractivity contribution in [3.8, 4) is 0 Å². The van der Waals surface area contributed by atoms with E-state index in [9.17, 15) is 9.59 Å². The van der Waals surface area contributed by atoms with E-state index in [0.29, 0.717) is 0 Å². The van der Waals surface area contributed by atoms with Gasteiger partial charge in [0.05, 0.1) is 5.92 Å². The number of carbonyl (C=O) groups is 2. The molecule has 1 fully saturated rings. The Labute approximate surface area is 91.2 Å². The van der Waals surface area contributed by atoms with Crippen LogP contribution in [0.15, 0.2) is 0 Å². The average molecular weight is 212 g/mol. The van der Waals surface area contributed by atoms with Crippen molar-refractivity contribution in [3.63, 3.8) is 0 Å². The zero-order valence-electron chi connectivity index (χ0n) is 9.79. The SMILES string of the molecule is COC(C)C(=O)C(C)C(=O)C1CCCC1. The number of carbonyl (C=O) groups excluding carboxylic acids is 2. The van der Waals surface area contributed by atoms with Crippen molar-refractivity contribution < 1.29 is 14.3 Å². The summed E-state index contributed by atoms with van der Waals surface area (Å²) in [6, 6.07) is 0. The maximum atomic E-state index is 11.9. The van der Waals surface area contributed by atoms with Crippen LogP contribution in [-0.4, -0.2) is 24.8 Å². The molecule has 3 nitrogen and oxygen atoms in total. The monoisotopic (exact) mass is 212 g/mol. The summed E-state index contributed by atoms with van der Waals surface area (Å²) in [5.41, 5.74) is 0. The van der Waals surface area contributed by atoms with E-state index in [1.807, 2.05) is 0 Å². The highest BCUT2D eigenvalue weighted by atomic mass is 16.5. The standard InChI is InChI=1S/C12H20O3/c1-8(11(13)9(2)15-3)12(14)10-6-4-5-7-10/h8-10H,4-7H2,1-3H3. The fourth-order valence-electron chi connectivity index (χ4n) is 2.17. The van der Waals surface area contributed by atoms with Gasteiger partial charge in [-0.25, -0.2) is 0 Å². The Morgan fingerprint density at radius 3 is 2.20 bits per heavy atom. The number of Topliss-reactive ketones (excluding diaryl/α,β-unsaturated/α-hetero) is 2. The summed E-state index contributed by atoms with van der Waals surface area (Å²) in [6.45, 7) is 3.40. The number of hydrogen-bond donors (Lipinski definition) is 0. The molecule has 0 aromatic rings. The molecule has 0 N–H and O–H groups in total. The van der Waals surface area contributed by atoms with Crippen LogP contribution in [0.4, 0.5) is 0 Å². The number of hydrogen-bond acceptors (Lipinski definition) is 3. The molecule has 0 amide bonds. The van der Waals surface area contributed by atoms with Crippen molar-refractivity contribution in [2.24, 2.45) is 11.8 Å². The minimum Gasteiger partial charge on any atom is -0.374 e. The van der Waals surface area contributed by atoms with Crippen LogP contribution in [-0.2, 0) is 14.3 Å². The van der Waals surface area contributed by atoms with E-state index in [1.54, 1.807) is 13.8 Å². The van der Waals surface area contributed by atoms with Crippen LogP contribution >= 0.6 is 0 Å². The molecule has 2 unspecified atom stereocenters. The van der Waals surface area contributed by atoms with Gasteiger partial charge in [-0.3, -0.25) is 9.59 Å². The van der Waals surface area contributed by atoms with Crippen molar-refractivity contribution in [2.45, 2.75) is 45.6 Å². The van der Waals surface area contributed by atoms with E-state index in [1.165, 1.54) is 7.11 Å². The molecule has 0 radical (unpaired) electrons. The van der Waals surface area contributed by atoms with Crippen molar-refractivity contribution >= 4 is 11.6 Å². The van der Waals surface area contributed by atoms with E-state index in [0.717, 1.165) is 25.7 Å². The Balaban J connectivity index is 2.55. The van der Waals surface area contributed by atoms with Gasteiger partial charge in [0.1, 0.15) is 11.9 Å². The third-order valence-corrected chi connectivity index (χ3v) is 3.37. The first kappa shape index (κ1) is 12.4. The largest absolute Gasteiger partial charge is 0.374 e. The van der Waals surface area contributed by atoms with Crippen molar-refractivity contribution in [1.29, 1.82) is 0 Å². The molecule has 15 heavy (non-hydrogen) atoms. The molecule has 0 bridgehead atoms. The molecule has 0 spiro atoms. The van der Waals surface area contributed by atoms with Crippen molar-refractivity contribution in [1.82, 2.24) is 0 Å². The van der Waals surface area contributed by atoms with Gasteiger partial charge < -0.3 is 4.74 Å². The van der Waals surface area contributed by atoms with Crippen LogP contribution < -0.4 is 0 Å². The molecule has 0 heterocycles. The molecule has 3 heteroatoms. The first-order chi connectivity index (χ1) is 7.07. The number of rotatable bonds is 5. The van der Waals surface area contributed by atoms with Crippen LogP contribution in [0, 0.1) is 11.8 Å².